The molecule has 0 fully saturated rings. The van der Waals surface area contributed by atoms with Crippen molar-refractivity contribution in [1.29, 1.82) is 0 Å². The molecule has 2 rings (SSSR count). The molecule has 0 aliphatic carbocycles. The van der Waals surface area contributed by atoms with Crippen molar-refractivity contribution in [3.63, 3.8) is 0 Å². The summed E-state index contributed by atoms with van der Waals surface area (Å²) in [5.41, 5.74) is 7.12. The number of rotatable bonds is 3. The molecule has 5 nitrogen and oxygen atoms in total. The molecular weight excluding hydrogens is 298 g/mol. The Kier molecular flexibility index (Phi) is 3.87. The number of nitrogen functional groups attached to an aromatic ring is 1. The van der Waals surface area contributed by atoms with Crippen LogP contribution in [0.4, 0.5) is 11.5 Å². The lowest BCUT2D eigenvalue weighted by Gasteiger charge is -2.11. The maximum Gasteiger partial charge on any atom is 0.263 e. The standard InChI is InChI=1S/C13H14ClN3O2S/c1-8-6-10(14)11(15)7-12(8)20(18,19)17-13-5-3-4-9(2)16-13/h3-7H,15H2,1-2H3,(H,16,17). The predicted molar refractivity (Wildman–Crippen MR) is 80.4 cm³/mol. The Labute approximate surface area is 122 Å². The number of aromatic nitrogens is 1. The number of anilines is 2. The Morgan fingerprint density at radius 1 is 1.25 bits per heavy atom. The van der Waals surface area contributed by atoms with Crippen LogP contribution in [-0.4, -0.2) is 13.4 Å². The van der Waals surface area contributed by atoms with Crippen molar-refractivity contribution < 1.29 is 8.42 Å². The molecule has 0 amide bonds. The minimum absolute atomic E-state index is 0.0858. The van der Waals surface area contributed by atoms with Gasteiger partial charge in [-0.1, -0.05) is 17.7 Å². The summed E-state index contributed by atoms with van der Waals surface area (Å²) in [6.07, 6.45) is 0. The molecule has 0 bridgehead atoms. The molecular formula is C13H14ClN3O2S. The first-order valence-electron chi connectivity index (χ1n) is 5.82. The highest BCUT2D eigenvalue weighted by Crippen LogP contribution is 2.27. The van der Waals surface area contributed by atoms with Gasteiger partial charge < -0.3 is 5.73 Å². The monoisotopic (exact) mass is 311 g/mol. The normalized spacial score (nSPS) is 11.3. The highest BCUT2D eigenvalue weighted by molar-refractivity contribution is 7.92. The summed E-state index contributed by atoms with van der Waals surface area (Å²) in [6, 6.07) is 7.96. The van der Waals surface area contributed by atoms with Crippen LogP contribution in [-0.2, 0) is 10.0 Å². The third-order valence-electron chi connectivity index (χ3n) is 2.71. The molecule has 0 saturated carbocycles. The molecule has 7 heteroatoms. The highest BCUT2D eigenvalue weighted by atomic mass is 35.5. The summed E-state index contributed by atoms with van der Waals surface area (Å²) in [4.78, 5) is 4.19. The van der Waals surface area contributed by atoms with E-state index >= 15 is 0 Å². The van der Waals surface area contributed by atoms with Crippen LogP contribution in [0, 0.1) is 13.8 Å². The van der Waals surface area contributed by atoms with Gasteiger partial charge in [-0.3, -0.25) is 4.72 Å². The van der Waals surface area contributed by atoms with E-state index in [1.807, 2.05) is 0 Å². The summed E-state index contributed by atoms with van der Waals surface area (Å²) >= 11 is 5.86. The second-order valence-corrected chi connectivity index (χ2v) is 6.47. The van der Waals surface area contributed by atoms with Crippen LogP contribution in [0.15, 0.2) is 35.2 Å². The van der Waals surface area contributed by atoms with Crippen LogP contribution >= 0.6 is 11.6 Å². The van der Waals surface area contributed by atoms with E-state index in [1.165, 1.54) is 12.1 Å². The molecule has 0 unspecified atom stereocenters. The lowest BCUT2D eigenvalue weighted by Crippen LogP contribution is -2.15. The number of sulfonamides is 1. The van der Waals surface area contributed by atoms with Gasteiger partial charge in [-0.05, 0) is 43.7 Å². The summed E-state index contributed by atoms with van der Waals surface area (Å²) in [6.45, 7) is 3.44. The van der Waals surface area contributed by atoms with Crippen molar-refractivity contribution in [2.45, 2.75) is 18.7 Å². The van der Waals surface area contributed by atoms with Crippen molar-refractivity contribution in [3.05, 3.63) is 46.6 Å². The maximum atomic E-state index is 12.3. The van der Waals surface area contributed by atoms with E-state index in [1.54, 1.807) is 32.0 Å². The first-order valence-corrected chi connectivity index (χ1v) is 7.68. The zero-order chi connectivity index (χ0) is 14.9. The minimum atomic E-state index is -3.75. The number of benzene rings is 1. The maximum absolute atomic E-state index is 12.3. The highest BCUT2D eigenvalue weighted by Gasteiger charge is 2.19. The van der Waals surface area contributed by atoms with E-state index in [0.29, 0.717) is 10.6 Å². The third kappa shape index (κ3) is 3.02. The Bertz CT molecular complexity index is 760. The quantitative estimate of drug-likeness (QED) is 0.853. The van der Waals surface area contributed by atoms with Gasteiger partial charge >= 0.3 is 0 Å². The van der Waals surface area contributed by atoms with Crippen molar-refractivity contribution in [3.8, 4) is 0 Å². The molecule has 0 aliphatic heterocycles. The Morgan fingerprint density at radius 2 is 1.95 bits per heavy atom. The molecule has 20 heavy (non-hydrogen) atoms. The summed E-state index contributed by atoms with van der Waals surface area (Å²) in [5, 5.41) is 0.329. The van der Waals surface area contributed by atoms with E-state index in [0.717, 1.165) is 5.69 Å². The lowest BCUT2D eigenvalue weighted by atomic mass is 10.2. The number of aryl methyl sites for hydroxylation is 2. The zero-order valence-corrected chi connectivity index (χ0v) is 12.6. The van der Waals surface area contributed by atoms with Gasteiger partial charge in [0.2, 0.25) is 0 Å². The second-order valence-electron chi connectivity index (χ2n) is 4.41. The molecule has 1 aromatic heterocycles. The van der Waals surface area contributed by atoms with E-state index in [9.17, 15) is 8.42 Å². The Balaban J connectivity index is 2.43. The van der Waals surface area contributed by atoms with Gasteiger partial charge in [-0.25, -0.2) is 13.4 Å². The fraction of sp³-hybridized carbons (Fsp3) is 0.154. The number of nitrogens with two attached hydrogens (primary N) is 1. The molecule has 1 aromatic carbocycles. The molecule has 0 spiro atoms. The lowest BCUT2D eigenvalue weighted by molar-refractivity contribution is 0.600. The van der Waals surface area contributed by atoms with Crippen LogP contribution in [0.3, 0.4) is 0 Å². The van der Waals surface area contributed by atoms with Crippen molar-refractivity contribution >= 4 is 33.1 Å². The van der Waals surface area contributed by atoms with Gasteiger partial charge in [0.25, 0.3) is 10.0 Å². The molecule has 0 saturated heterocycles. The molecule has 106 valence electrons. The smallest absolute Gasteiger partial charge is 0.263 e. The van der Waals surface area contributed by atoms with Gasteiger partial charge in [0.15, 0.2) is 0 Å². The van der Waals surface area contributed by atoms with Crippen LogP contribution in [0.25, 0.3) is 0 Å². The van der Waals surface area contributed by atoms with Crippen LogP contribution in [0.2, 0.25) is 5.02 Å². The van der Waals surface area contributed by atoms with Crippen molar-refractivity contribution in [2.75, 3.05) is 10.5 Å². The van der Waals surface area contributed by atoms with Gasteiger partial charge in [-0.15, -0.1) is 0 Å². The molecule has 2 aromatic rings. The zero-order valence-electron chi connectivity index (χ0n) is 11.0. The average Bonchev–Trinajstić information content (AvgIpc) is 2.33. The first-order chi connectivity index (χ1) is 9.29. The molecule has 0 atom stereocenters. The number of pyridine rings is 1. The summed E-state index contributed by atoms with van der Waals surface area (Å²) in [7, 11) is -3.75. The first kappa shape index (κ1) is 14.6. The van der Waals surface area contributed by atoms with Gasteiger partial charge in [-0.2, -0.15) is 0 Å². The fourth-order valence-electron chi connectivity index (χ4n) is 1.75. The van der Waals surface area contributed by atoms with Crippen LogP contribution < -0.4 is 10.5 Å². The van der Waals surface area contributed by atoms with Crippen molar-refractivity contribution in [1.82, 2.24) is 4.98 Å². The fourth-order valence-corrected chi connectivity index (χ4v) is 3.23. The van der Waals surface area contributed by atoms with Gasteiger partial charge in [0.05, 0.1) is 15.6 Å². The Hall–Kier alpha value is -1.79. The topological polar surface area (TPSA) is 85.1 Å². The van der Waals surface area contributed by atoms with Gasteiger partial charge in [0, 0.05) is 5.69 Å². The minimum Gasteiger partial charge on any atom is -0.397 e. The predicted octanol–water partition coefficient (Wildman–Crippen LogP) is 2.73. The van der Waals surface area contributed by atoms with E-state index in [2.05, 4.69) is 9.71 Å². The molecule has 0 radical (unpaired) electrons. The largest absolute Gasteiger partial charge is 0.397 e. The van der Waals surface area contributed by atoms with Crippen molar-refractivity contribution in [2.24, 2.45) is 0 Å². The molecule has 0 aliphatic rings. The summed E-state index contributed by atoms with van der Waals surface area (Å²) < 4.78 is 27.1. The van der Waals surface area contributed by atoms with Crippen LogP contribution in [0.1, 0.15) is 11.3 Å². The SMILES string of the molecule is Cc1cccc(NS(=O)(=O)c2cc(N)c(Cl)cc2C)n1. The van der Waals surface area contributed by atoms with E-state index in [4.69, 9.17) is 17.3 Å². The third-order valence-corrected chi connectivity index (χ3v) is 4.54. The van der Waals surface area contributed by atoms with Crippen LogP contribution in [0.5, 0.6) is 0 Å². The number of hydrogen-bond acceptors (Lipinski definition) is 4. The second kappa shape index (κ2) is 5.30. The summed E-state index contributed by atoms with van der Waals surface area (Å²) in [5.74, 6) is 0.262. The Morgan fingerprint density at radius 3 is 2.60 bits per heavy atom. The molecule has 3 N–H and O–H groups in total. The van der Waals surface area contributed by atoms with E-state index < -0.39 is 10.0 Å². The molecule has 1 heterocycles. The van der Waals surface area contributed by atoms with Gasteiger partial charge in [0.1, 0.15) is 5.82 Å². The number of nitrogens with one attached hydrogen (secondary N) is 1. The average molecular weight is 312 g/mol. The van der Waals surface area contributed by atoms with E-state index in [-0.39, 0.29) is 16.4 Å². The number of hydrogen-bond donors (Lipinski definition) is 2. The number of halogens is 1. The number of nitrogens with zero attached hydrogens (tertiary/aromatic N) is 1.